The van der Waals surface area contributed by atoms with Gasteiger partial charge in [0.05, 0.1) is 5.52 Å². The van der Waals surface area contributed by atoms with E-state index < -0.39 is 0 Å². The molecule has 94 valence electrons. The van der Waals surface area contributed by atoms with Crippen molar-refractivity contribution >= 4 is 26.8 Å². The van der Waals surface area contributed by atoms with E-state index in [1.165, 1.54) is 27.8 Å². The summed E-state index contributed by atoms with van der Waals surface area (Å²) >= 11 is 3.56. The van der Waals surface area contributed by atoms with E-state index in [1.54, 1.807) is 0 Å². The molecule has 0 radical (unpaired) electrons. The Hall–Kier alpha value is -1.54. The summed E-state index contributed by atoms with van der Waals surface area (Å²) in [5, 5.41) is 1.30. The molecular formula is C17H14BrN. The first kappa shape index (κ1) is 11.3. The van der Waals surface area contributed by atoms with Crippen LogP contribution in [0.25, 0.3) is 16.6 Å². The summed E-state index contributed by atoms with van der Waals surface area (Å²) in [6, 6.07) is 17.5. The molecule has 0 amide bonds. The SMILES string of the molecule is CC1(C)c2ccccc2-n2c1cc1cc(Br)ccc12. The zero-order chi connectivity index (χ0) is 13.2. The summed E-state index contributed by atoms with van der Waals surface area (Å²) in [7, 11) is 0. The average Bonchev–Trinajstić information content (AvgIpc) is 2.86. The predicted molar refractivity (Wildman–Crippen MR) is 83.1 cm³/mol. The Morgan fingerprint density at radius 2 is 1.79 bits per heavy atom. The van der Waals surface area contributed by atoms with Crippen LogP contribution >= 0.6 is 15.9 Å². The molecule has 0 aliphatic carbocycles. The van der Waals surface area contributed by atoms with Gasteiger partial charge < -0.3 is 4.57 Å². The zero-order valence-electron chi connectivity index (χ0n) is 10.9. The van der Waals surface area contributed by atoms with Gasteiger partial charge in [-0.05, 0) is 35.9 Å². The summed E-state index contributed by atoms with van der Waals surface area (Å²) in [6.45, 7) is 4.61. The number of nitrogens with zero attached hydrogens (tertiary/aromatic N) is 1. The maximum absolute atomic E-state index is 3.56. The second kappa shape index (κ2) is 3.51. The number of aromatic nitrogens is 1. The van der Waals surface area contributed by atoms with Gasteiger partial charge in [-0.3, -0.25) is 0 Å². The van der Waals surface area contributed by atoms with E-state index in [0.717, 1.165) is 4.47 Å². The molecule has 0 saturated carbocycles. The van der Waals surface area contributed by atoms with Crippen LogP contribution in [0.1, 0.15) is 25.1 Å². The first-order valence-electron chi connectivity index (χ1n) is 6.50. The molecule has 2 aromatic carbocycles. The van der Waals surface area contributed by atoms with Gasteiger partial charge in [-0.1, -0.05) is 48.0 Å². The van der Waals surface area contributed by atoms with Crippen LogP contribution < -0.4 is 0 Å². The molecule has 1 nitrogen and oxygen atoms in total. The molecule has 2 heterocycles. The number of halogens is 1. The number of benzene rings is 2. The van der Waals surface area contributed by atoms with Crippen molar-refractivity contribution < 1.29 is 0 Å². The Kier molecular flexibility index (Phi) is 2.09. The minimum atomic E-state index is 0.0715. The number of hydrogen-bond donors (Lipinski definition) is 0. The monoisotopic (exact) mass is 311 g/mol. The van der Waals surface area contributed by atoms with Gasteiger partial charge in [-0.15, -0.1) is 0 Å². The van der Waals surface area contributed by atoms with Crippen LogP contribution in [0.4, 0.5) is 0 Å². The molecule has 0 fully saturated rings. The topological polar surface area (TPSA) is 4.93 Å². The molecule has 0 N–H and O–H groups in total. The molecule has 4 rings (SSSR count). The van der Waals surface area contributed by atoms with Crippen molar-refractivity contribution in [3.05, 3.63) is 64.3 Å². The lowest BCUT2D eigenvalue weighted by Gasteiger charge is -2.18. The van der Waals surface area contributed by atoms with Crippen molar-refractivity contribution in [2.75, 3.05) is 0 Å². The van der Waals surface area contributed by atoms with Gasteiger partial charge >= 0.3 is 0 Å². The number of fused-ring (bicyclic) bond motifs is 5. The Bertz CT molecular complexity index is 811. The quantitative estimate of drug-likeness (QED) is 0.548. The predicted octanol–water partition coefficient (Wildman–Crippen LogP) is 5.03. The molecule has 0 unspecified atom stereocenters. The normalized spacial score (nSPS) is 15.5. The molecular weight excluding hydrogens is 298 g/mol. The van der Waals surface area contributed by atoms with Gasteiger partial charge in [0.1, 0.15) is 0 Å². The Labute approximate surface area is 121 Å². The third kappa shape index (κ3) is 1.35. The van der Waals surface area contributed by atoms with Crippen LogP contribution in [0.2, 0.25) is 0 Å². The molecule has 0 spiro atoms. The summed E-state index contributed by atoms with van der Waals surface area (Å²) < 4.78 is 3.53. The van der Waals surface area contributed by atoms with Crippen molar-refractivity contribution in [2.24, 2.45) is 0 Å². The lowest BCUT2D eigenvalue weighted by molar-refractivity contribution is 0.645. The minimum absolute atomic E-state index is 0.0715. The van der Waals surface area contributed by atoms with Crippen molar-refractivity contribution in [3.63, 3.8) is 0 Å². The second-order valence-corrected chi connectivity index (χ2v) is 6.63. The van der Waals surface area contributed by atoms with Crippen LogP contribution in [0, 0.1) is 0 Å². The summed E-state index contributed by atoms with van der Waals surface area (Å²) in [5.74, 6) is 0. The fourth-order valence-corrected chi connectivity index (χ4v) is 3.62. The smallest absolute Gasteiger partial charge is 0.0532 e. The molecule has 19 heavy (non-hydrogen) atoms. The highest BCUT2D eigenvalue weighted by atomic mass is 79.9. The first-order valence-corrected chi connectivity index (χ1v) is 7.30. The fourth-order valence-electron chi connectivity index (χ4n) is 3.24. The maximum Gasteiger partial charge on any atom is 0.0532 e. The average molecular weight is 312 g/mol. The molecule has 0 saturated heterocycles. The highest BCUT2D eigenvalue weighted by Crippen LogP contribution is 2.45. The Morgan fingerprint density at radius 3 is 2.63 bits per heavy atom. The zero-order valence-corrected chi connectivity index (χ0v) is 12.5. The summed E-state index contributed by atoms with van der Waals surface area (Å²) in [6.07, 6.45) is 0. The van der Waals surface area contributed by atoms with Crippen molar-refractivity contribution in [1.82, 2.24) is 4.57 Å². The molecule has 1 aliphatic rings. The fraction of sp³-hybridized carbons (Fsp3) is 0.176. The number of para-hydroxylation sites is 1. The highest BCUT2D eigenvalue weighted by Gasteiger charge is 2.36. The Morgan fingerprint density at radius 1 is 1.00 bits per heavy atom. The van der Waals surface area contributed by atoms with Crippen LogP contribution in [-0.4, -0.2) is 4.57 Å². The maximum atomic E-state index is 3.56. The molecule has 3 aromatic rings. The van der Waals surface area contributed by atoms with Gasteiger partial charge in [0, 0.05) is 26.7 Å². The van der Waals surface area contributed by atoms with Gasteiger partial charge in [0.25, 0.3) is 0 Å². The van der Waals surface area contributed by atoms with E-state index in [0.29, 0.717) is 0 Å². The van der Waals surface area contributed by atoms with E-state index in [2.05, 4.69) is 82.9 Å². The molecule has 1 aromatic heterocycles. The van der Waals surface area contributed by atoms with Crippen molar-refractivity contribution in [2.45, 2.75) is 19.3 Å². The number of hydrogen-bond acceptors (Lipinski definition) is 0. The number of rotatable bonds is 0. The Balaban J connectivity index is 2.18. The highest BCUT2D eigenvalue weighted by molar-refractivity contribution is 9.10. The van der Waals surface area contributed by atoms with Gasteiger partial charge in [0.2, 0.25) is 0 Å². The lowest BCUT2D eigenvalue weighted by Crippen LogP contribution is -2.14. The summed E-state index contributed by atoms with van der Waals surface area (Å²) in [4.78, 5) is 0. The van der Waals surface area contributed by atoms with E-state index in [1.807, 2.05) is 0 Å². The molecule has 1 aliphatic heterocycles. The third-order valence-corrected chi connectivity index (χ3v) is 4.72. The van der Waals surface area contributed by atoms with Crippen LogP contribution in [0.3, 0.4) is 0 Å². The van der Waals surface area contributed by atoms with Crippen molar-refractivity contribution in [1.29, 1.82) is 0 Å². The molecule has 0 atom stereocenters. The third-order valence-electron chi connectivity index (χ3n) is 4.22. The van der Waals surface area contributed by atoms with E-state index >= 15 is 0 Å². The van der Waals surface area contributed by atoms with E-state index in [-0.39, 0.29) is 5.41 Å². The molecule has 2 heteroatoms. The van der Waals surface area contributed by atoms with Gasteiger partial charge in [-0.25, -0.2) is 0 Å². The van der Waals surface area contributed by atoms with Gasteiger partial charge in [-0.2, -0.15) is 0 Å². The van der Waals surface area contributed by atoms with Crippen molar-refractivity contribution in [3.8, 4) is 5.69 Å². The van der Waals surface area contributed by atoms with Gasteiger partial charge in [0.15, 0.2) is 0 Å². The van der Waals surface area contributed by atoms with Crippen LogP contribution in [0.15, 0.2) is 53.0 Å². The van der Waals surface area contributed by atoms with Crippen LogP contribution in [-0.2, 0) is 5.41 Å². The largest absolute Gasteiger partial charge is 0.312 e. The molecule has 0 bridgehead atoms. The minimum Gasteiger partial charge on any atom is -0.312 e. The van der Waals surface area contributed by atoms with Crippen LogP contribution in [0.5, 0.6) is 0 Å². The van der Waals surface area contributed by atoms with E-state index in [4.69, 9.17) is 0 Å². The summed E-state index contributed by atoms with van der Waals surface area (Å²) in [5.41, 5.74) is 5.47. The second-order valence-electron chi connectivity index (χ2n) is 5.71. The van der Waals surface area contributed by atoms with E-state index in [9.17, 15) is 0 Å². The first-order chi connectivity index (χ1) is 9.09. The standard InChI is InChI=1S/C17H14BrN/c1-17(2)13-5-3-4-6-15(13)19-14-8-7-12(18)9-11(14)10-16(17)19/h3-10H,1-2H3. The lowest BCUT2D eigenvalue weighted by atomic mass is 9.83.